The summed E-state index contributed by atoms with van der Waals surface area (Å²) < 4.78 is 23.9. The van der Waals surface area contributed by atoms with Crippen LogP contribution in [0.1, 0.15) is 0 Å². The molecule has 0 bridgehead atoms. The molecule has 0 unspecified atom stereocenters. The van der Waals surface area contributed by atoms with Gasteiger partial charge >= 0.3 is 0 Å². The van der Waals surface area contributed by atoms with Crippen LogP contribution < -0.4 is 0 Å². The lowest BCUT2D eigenvalue weighted by Gasteiger charge is -1.85. The maximum absolute atomic E-state index is 11.9. The van der Waals surface area contributed by atoms with Gasteiger partial charge in [-0.1, -0.05) is 30.3 Å². The first-order chi connectivity index (χ1) is 7.20. The van der Waals surface area contributed by atoms with Crippen LogP contribution in [-0.4, -0.2) is 5.11 Å². The molecule has 2 aromatic carbocycles. The normalized spacial score (nSPS) is 8.38. The third-order valence-electron chi connectivity index (χ3n) is 1.58. The van der Waals surface area contributed by atoms with E-state index in [1.54, 1.807) is 24.3 Å². The van der Waals surface area contributed by atoms with Gasteiger partial charge in [0.2, 0.25) is 0 Å². The first kappa shape index (κ1) is 14.5. The standard InChI is InChI=1S/C6H4F2.C6H6O.H2S/c7-5-3-1-2-4-6(5)8;7-6-4-2-1-3-5-6;/h1-4H;1-5,7H;1H2. The molecule has 0 amide bonds. The quantitative estimate of drug-likeness (QED) is 0.750. The summed E-state index contributed by atoms with van der Waals surface area (Å²) in [5, 5.41) is 8.63. The van der Waals surface area contributed by atoms with Crippen molar-refractivity contribution in [1.29, 1.82) is 0 Å². The van der Waals surface area contributed by atoms with Gasteiger partial charge < -0.3 is 5.11 Å². The zero-order valence-corrected chi connectivity index (χ0v) is 9.40. The molecule has 0 aliphatic heterocycles. The first-order valence-electron chi connectivity index (χ1n) is 4.34. The van der Waals surface area contributed by atoms with Crippen molar-refractivity contribution < 1.29 is 13.9 Å². The molecule has 2 aromatic rings. The molecule has 0 atom stereocenters. The Morgan fingerprint density at radius 1 is 0.688 bits per heavy atom. The number of hydrogen-bond donors (Lipinski definition) is 1. The Morgan fingerprint density at radius 2 is 1.06 bits per heavy atom. The van der Waals surface area contributed by atoms with E-state index in [2.05, 4.69) is 0 Å². The van der Waals surface area contributed by atoms with Gasteiger partial charge in [0.15, 0.2) is 11.6 Å². The fourth-order valence-corrected chi connectivity index (χ4v) is 0.867. The van der Waals surface area contributed by atoms with Gasteiger partial charge in [0.25, 0.3) is 0 Å². The van der Waals surface area contributed by atoms with Crippen molar-refractivity contribution in [3.05, 3.63) is 66.2 Å². The molecule has 4 heteroatoms. The average Bonchev–Trinajstić information content (AvgIpc) is 2.25. The van der Waals surface area contributed by atoms with Crippen LogP contribution >= 0.6 is 13.5 Å². The Kier molecular flexibility index (Phi) is 6.96. The van der Waals surface area contributed by atoms with Crippen LogP contribution in [-0.2, 0) is 0 Å². The molecule has 1 N–H and O–H groups in total. The summed E-state index contributed by atoms with van der Waals surface area (Å²) in [6.45, 7) is 0. The lowest BCUT2D eigenvalue weighted by Crippen LogP contribution is -1.77. The van der Waals surface area contributed by atoms with E-state index < -0.39 is 11.6 Å². The Morgan fingerprint density at radius 3 is 1.31 bits per heavy atom. The summed E-state index contributed by atoms with van der Waals surface area (Å²) in [4.78, 5) is 0. The van der Waals surface area contributed by atoms with Gasteiger partial charge in [0.05, 0.1) is 0 Å². The van der Waals surface area contributed by atoms with Crippen molar-refractivity contribution in [2.24, 2.45) is 0 Å². The minimum absolute atomic E-state index is 0. The Balaban J connectivity index is 0.000000267. The fraction of sp³-hybridized carbons (Fsp3) is 0. The molecular weight excluding hydrogens is 230 g/mol. The summed E-state index contributed by atoms with van der Waals surface area (Å²) in [5.41, 5.74) is 0. The van der Waals surface area contributed by atoms with Crippen molar-refractivity contribution in [2.45, 2.75) is 0 Å². The minimum Gasteiger partial charge on any atom is -0.508 e. The predicted molar refractivity (Wildman–Crippen MR) is 64.8 cm³/mol. The zero-order chi connectivity index (χ0) is 11.1. The second-order valence-corrected chi connectivity index (χ2v) is 2.75. The molecule has 0 saturated heterocycles. The molecule has 86 valence electrons. The van der Waals surface area contributed by atoms with Gasteiger partial charge in [-0.25, -0.2) is 8.78 Å². The second kappa shape index (κ2) is 7.70. The molecule has 0 heterocycles. The Hall–Kier alpha value is -1.55. The van der Waals surface area contributed by atoms with Gasteiger partial charge in [-0.2, -0.15) is 13.5 Å². The third kappa shape index (κ3) is 5.36. The molecule has 0 aliphatic rings. The lowest BCUT2D eigenvalue weighted by atomic mass is 10.3. The van der Waals surface area contributed by atoms with E-state index in [9.17, 15) is 8.78 Å². The SMILES string of the molecule is Fc1ccccc1F.Oc1ccccc1.S. The Bertz CT molecular complexity index is 386. The van der Waals surface area contributed by atoms with Crippen molar-refractivity contribution in [1.82, 2.24) is 0 Å². The smallest absolute Gasteiger partial charge is 0.158 e. The summed E-state index contributed by atoms with van der Waals surface area (Å²) in [7, 11) is 0. The highest BCUT2D eigenvalue weighted by molar-refractivity contribution is 7.59. The highest BCUT2D eigenvalue weighted by Crippen LogP contribution is 2.03. The highest BCUT2D eigenvalue weighted by Gasteiger charge is 1.93. The van der Waals surface area contributed by atoms with Gasteiger partial charge in [-0.15, -0.1) is 0 Å². The van der Waals surface area contributed by atoms with E-state index >= 15 is 0 Å². The molecule has 0 radical (unpaired) electrons. The fourth-order valence-electron chi connectivity index (χ4n) is 0.867. The zero-order valence-electron chi connectivity index (χ0n) is 8.40. The molecular formula is C12H12F2OS. The Labute approximate surface area is 99.8 Å². The number of rotatable bonds is 0. The number of phenols is 1. The van der Waals surface area contributed by atoms with Gasteiger partial charge in [0.1, 0.15) is 5.75 Å². The number of halogens is 2. The van der Waals surface area contributed by atoms with Crippen LogP contribution in [0.15, 0.2) is 54.6 Å². The largest absolute Gasteiger partial charge is 0.508 e. The number of para-hydroxylation sites is 1. The van der Waals surface area contributed by atoms with Crippen LogP contribution in [0.4, 0.5) is 8.78 Å². The van der Waals surface area contributed by atoms with Gasteiger partial charge in [-0.05, 0) is 24.3 Å². The maximum Gasteiger partial charge on any atom is 0.158 e. The minimum atomic E-state index is -0.799. The summed E-state index contributed by atoms with van der Waals surface area (Å²) in [6.07, 6.45) is 0. The van der Waals surface area contributed by atoms with Crippen LogP contribution in [0.5, 0.6) is 5.75 Å². The van der Waals surface area contributed by atoms with Crippen LogP contribution in [0.2, 0.25) is 0 Å². The van der Waals surface area contributed by atoms with Gasteiger partial charge in [-0.3, -0.25) is 0 Å². The van der Waals surface area contributed by atoms with E-state index in [0.29, 0.717) is 5.75 Å². The van der Waals surface area contributed by atoms with Crippen molar-refractivity contribution in [3.8, 4) is 5.75 Å². The molecule has 16 heavy (non-hydrogen) atoms. The molecule has 0 spiro atoms. The van der Waals surface area contributed by atoms with Crippen molar-refractivity contribution in [3.63, 3.8) is 0 Å². The molecule has 2 rings (SSSR count). The summed E-state index contributed by atoms with van der Waals surface area (Å²) in [6, 6.07) is 13.8. The lowest BCUT2D eigenvalue weighted by molar-refractivity contribution is 0.475. The van der Waals surface area contributed by atoms with E-state index in [0.717, 1.165) is 12.1 Å². The van der Waals surface area contributed by atoms with E-state index in [1.165, 1.54) is 12.1 Å². The molecule has 0 saturated carbocycles. The van der Waals surface area contributed by atoms with Crippen LogP contribution in [0, 0.1) is 11.6 Å². The monoisotopic (exact) mass is 242 g/mol. The first-order valence-corrected chi connectivity index (χ1v) is 4.34. The summed E-state index contributed by atoms with van der Waals surface area (Å²) >= 11 is 0. The number of hydrogen-bond acceptors (Lipinski definition) is 1. The summed E-state index contributed by atoms with van der Waals surface area (Å²) in [5.74, 6) is -1.28. The van der Waals surface area contributed by atoms with Crippen molar-refractivity contribution >= 4 is 13.5 Å². The van der Waals surface area contributed by atoms with Crippen LogP contribution in [0.3, 0.4) is 0 Å². The highest BCUT2D eigenvalue weighted by atomic mass is 32.1. The maximum atomic E-state index is 11.9. The number of aromatic hydroxyl groups is 1. The molecule has 0 fully saturated rings. The topological polar surface area (TPSA) is 20.2 Å². The van der Waals surface area contributed by atoms with Crippen molar-refractivity contribution in [2.75, 3.05) is 0 Å². The van der Waals surface area contributed by atoms with Gasteiger partial charge in [0, 0.05) is 0 Å². The van der Waals surface area contributed by atoms with Crippen LogP contribution in [0.25, 0.3) is 0 Å². The second-order valence-electron chi connectivity index (χ2n) is 2.75. The predicted octanol–water partition coefficient (Wildman–Crippen LogP) is 3.47. The van der Waals surface area contributed by atoms with E-state index in [1.807, 2.05) is 6.07 Å². The molecule has 1 nitrogen and oxygen atoms in total. The number of benzene rings is 2. The van der Waals surface area contributed by atoms with E-state index in [-0.39, 0.29) is 13.5 Å². The third-order valence-corrected chi connectivity index (χ3v) is 1.58. The number of phenolic OH excluding ortho intramolecular Hbond substituents is 1. The molecule has 0 aromatic heterocycles. The molecule has 0 aliphatic carbocycles. The van der Waals surface area contributed by atoms with E-state index in [4.69, 9.17) is 5.11 Å². The average molecular weight is 242 g/mol.